The van der Waals surface area contributed by atoms with Gasteiger partial charge in [0.1, 0.15) is 5.75 Å². The van der Waals surface area contributed by atoms with Gasteiger partial charge in [0, 0.05) is 12.2 Å². The quantitative estimate of drug-likeness (QED) is 0.414. The predicted molar refractivity (Wildman–Crippen MR) is 122 cm³/mol. The van der Waals surface area contributed by atoms with Gasteiger partial charge >= 0.3 is 0 Å². The standard InChI is InChI=1S/C23H26N4O2S/c1-6-13-27-21(18-9-7-8-10-20(18)29-5)25-26-23(27)30-17(4)22(28)24-19-14-15(2)11-12-16(19)3/h6-12,14,17H,1,13H2,2-5H3,(H,24,28)/t17-/m0/s1. The van der Waals surface area contributed by atoms with Gasteiger partial charge in [-0.15, -0.1) is 16.8 Å². The molecule has 1 amide bonds. The number of nitrogens with one attached hydrogen (secondary N) is 1. The number of rotatable bonds is 8. The molecule has 1 aromatic heterocycles. The minimum Gasteiger partial charge on any atom is -0.496 e. The summed E-state index contributed by atoms with van der Waals surface area (Å²) >= 11 is 1.37. The van der Waals surface area contributed by atoms with Crippen LogP contribution in [-0.2, 0) is 11.3 Å². The van der Waals surface area contributed by atoms with Crippen LogP contribution in [0.4, 0.5) is 5.69 Å². The molecule has 0 unspecified atom stereocenters. The van der Waals surface area contributed by atoms with Crippen LogP contribution in [0.5, 0.6) is 5.75 Å². The molecule has 0 aliphatic carbocycles. The lowest BCUT2D eigenvalue weighted by molar-refractivity contribution is -0.115. The van der Waals surface area contributed by atoms with Crippen molar-refractivity contribution in [1.29, 1.82) is 0 Å². The SMILES string of the molecule is C=CCn1c(S[C@@H](C)C(=O)Nc2cc(C)ccc2C)nnc1-c1ccccc1OC. The molecule has 0 aliphatic heterocycles. The van der Waals surface area contributed by atoms with E-state index in [0.717, 1.165) is 22.4 Å². The first-order chi connectivity index (χ1) is 14.4. The number of para-hydroxylation sites is 1. The number of allylic oxidation sites excluding steroid dienone is 1. The molecule has 7 heteroatoms. The summed E-state index contributed by atoms with van der Waals surface area (Å²) in [5, 5.41) is 12.0. The maximum Gasteiger partial charge on any atom is 0.237 e. The fraction of sp³-hybridized carbons (Fsp3) is 0.261. The van der Waals surface area contributed by atoms with E-state index in [1.807, 2.05) is 67.8 Å². The molecule has 1 atom stereocenters. The molecule has 0 aliphatic rings. The number of hydrogen-bond acceptors (Lipinski definition) is 5. The average molecular weight is 423 g/mol. The van der Waals surface area contributed by atoms with Crippen molar-refractivity contribution >= 4 is 23.4 Å². The number of ether oxygens (including phenoxy) is 1. The van der Waals surface area contributed by atoms with Gasteiger partial charge in [0.15, 0.2) is 11.0 Å². The number of aromatic nitrogens is 3. The molecule has 6 nitrogen and oxygen atoms in total. The molecule has 3 aromatic rings. The zero-order valence-electron chi connectivity index (χ0n) is 17.7. The van der Waals surface area contributed by atoms with E-state index in [1.165, 1.54) is 11.8 Å². The lowest BCUT2D eigenvalue weighted by Crippen LogP contribution is -2.23. The normalized spacial score (nSPS) is 11.7. The van der Waals surface area contributed by atoms with Gasteiger partial charge in [-0.25, -0.2) is 0 Å². The summed E-state index contributed by atoms with van der Waals surface area (Å²) in [6.45, 7) is 10.2. The fourth-order valence-electron chi connectivity index (χ4n) is 3.01. The summed E-state index contributed by atoms with van der Waals surface area (Å²) in [7, 11) is 1.63. The molecule has 0 radical (unpaired) electrons. The van der Waals surface area contributed by atoms with E-state index in [4.69, 9.17) is 4.74 Å². The Morgan fingerprint density at radius 3 is 2.77 bits per heavy atom. The van der Waals surface area contributed by atoms with E-state index >= 15 is 0 Å². The molecular weight excluding hydrogens is 396 g/mol. The summed E-state index contributed by atoms with van der Waals surface area (Å²) in [5.74, 6) is 1.31. The van der Waals surface area contributed by atoms with E-state index in [9.17, 15) is 4.79 Å². The highest BCUT2D eigenvalue weighted by atomic mass is 32.2. The number of thioether (sulfide) groups is 1. The highest BCUT2D eigenvalue weighted by molar-refractivity contribution is 8.00. The van der Waals surface area contributed by atoms with Gasteiger partial charge in [0.2, 0.25) is 5.91 Å². The van der Waals surface area contributed by atoms with Crippen molar-refractivity contribution < 1.29 is 9.53 Å². The summed E-state index contributed by atoms with van der Waals surface area (Å²) in [5.41, 5.74) is 3.80. The van der Waals surface area contributed by atoms with Gasteiger partial charge in [0.05, 0.1) is 17.9 Å². The number of carbonyl (C=O) groups excluding carboxylic acids is 1. The third-order valence-corrected chi connectivity index (χ3v) is 5.76. The topological polar surface area (TPSA) is 69.0 Å². The summed E-state index contributed by atoms with van der Waals surface area (Å²) in [6.07, 6.45) is 1.78. The van der Waals surface area contributed by atoms with Crippen LogP contribution in [0, 0.1) is 13.8 Å². The average Bonchev–Trinajstić information content (AvgIpc) is 3.13. The Morgan fingerprint density at radius 1 is 1.27 bits per heavy atom. The first-order valence-corrected chi connectivity index (χ1v) is 10.5. The van der Waals surface area contributed by atoms with Gasteiger partial charge in [-0.1, -0.05) is 42.1 Å². The number of aryl methyl sites for hydroxylation is 2. The van der Waals surface area contributed by atoms with E-state index in [2.05, 4.69) is 22.1 Å². The van der Waals surface area contributed by atoms with E-state index < -0.39 is 0 Å². The highest BCUT2D eigenvalue weighted by Crippen LogP contribution is 2.32. The lowest BCUT2D eigenvalue weighted by Gasteiger charge is -2.15. The molecule has 1 N–H and O–H groups in total. The molecule has 0 fully saturated rings. The van der Waals surface area contributed by atoms with Crippen molar-refractivity contribution in [2.45, 2.75) is 37.7 Å². The van der Waals surface area contributed by atoms with Crippen LogP contribution in [0.3, 0.4) is 0 Å². The van der Waals surface area contributed by atoms with Crippen LogP contribution in [0.25, 0.3) is 11.4 Å². The summed E-state index contributed by atoms with van der Waals surface area (Å²) < 4.78 is 7.41. The molecule has 0 spiro atoms. The fourth-order valence-corrected chi connectivity index (χ4v) is 3.87. The second kappa shape index (κ2) is 9.63. The van der Waals surface area contributed by atoms with Crippen LogP contribution in [0.2, 0.25) is 0 Å². The minimum absolute atomic E-state index is 0.0827. The third-order valence-electron chi connectivity index (χ3n) is 4.68. The van der Waals surface area contributed by atoms with Gasteiger partial charge in [-0.2, -0.15) is 0 Å². The maximum atomic E-state index is 12.8. The van der Waals surface area contributed by atoms with Crippen molar-refractivity contribution in [3.8, 4) is 17.1 Å². The number of amides is 1. The molecule has 0 bridgehead atoms. The van der Waals surface area contributed by atoms with Crippen LogP contribution < -0.4 is 10.1 Å². The molecule has 156 valence electrons. The van der Waals surface area contributed by atoms with Crippen molar-refractivity contribution in [2.75, 3.05) is 12.4 Å². The van der Waals surface area contributed by atoms with Crippen LogP contribution in [-0.4, -0.2) is 33.0 Å². The maximum absolute atomic E-state index is 12.8. The molecular formula is C23H26N4O2S. The van der Waals surface area contributed by atoms with Crippen molar-refractivity contribution in [3.05, 3.63) is 66.2 Å². The van der Waals surface area contributed by atoms with Crippen LogP contribution >= 0.6 is 11.8 Å². The Kier molecular flexibility index (Phi) is 6.95. The minimum atomic E-state index is -0.358. The van der Waals surface area contributed by atoms with E-state index in [0.29, 0.717) is 23.3 Å². The third kappa shape index (κ3) is 4.74. The second-order valence-electron chi connectivity index (χ2n) is 6.97. The first-order valence-electron chi connectivity index (χ1n) is 9.66. The number of carbonyl (C=O) groups is 1. The Morgan fingerprint density at radius 2 is 2.03 bits per heavy atom. The number of anilines is 1. The Hall–Kier alpha value is -3.06. The van der Waals surface area contributed by atoms with Crippen LogP contribution in [0.1, 0.15) is 18.1 Å². The zero-order valence-corrected chi connectivity index (χ0v) is 18.5. The Labute approximate surface area is 181 Å². The monoisotopic (exact) mass is 422 g/mol. The molecule has 0 saturated heterocycles. The summed E-state index contributed by atoms with van der Waals surface area (Å²) in [6, 6.07) is 13.7. The lowest BCUT2D eigenvalue weighted by atomic mass is 10.1. The molecule has 3 rings (SSSR count). The number of nitrogens with zero attached hydrogens (tertiary/aromatic N) is 3. The van der Waals surface area contributed by atoms with Crippen molar-refractivity contribution in [3.63, 3.8) is 0 Å². The molecule has 30 heavy (non-hydrogen) atoms. The molecule has 1 heterocycles. The Bertz CT molecular complexity index is 1060. The van der Waals surface area contributed by atoms with E-state index in [-0.39, 0.29) is 11.2 Å². The van der Waals surface area contributed by atoms with Crippen molar-refractivity contribution in [2.24, 2.45) is 0 Å². The number of benzene rings is 2. The van der Waals surface area contributed by atoms with Crippen LogP contribution in [0.15, 0.2) is 60.3 Å². The van der Waals surface area contributed by atoms with Gasteiger partial charge < -0.3 is 10.1 Å². The smallest absolute Gasteiger partial charge is 0.237 e. The highest BCUT2D eigenvalue weighted by Gasteiger charge is 2.22. The van der Waals surface area contributed by atoms with Gasteiger partial charge in [-0.3, -0.25) is 9.36 Å². The summed E-state index contributed by atoms with van der Waals surface area (Å²) in [4.78, 5) is 12.8. The molecule has 0 saturated carbocycles. The van der Waals surface area contributed by atoms with E-state index in [1.54, 1.807) is 13.2 Å². The van der Waals surface area contributed by atoms with Crippen molar-refractivity contribution in [1.82, 2.24) is 14.8 Å². The largest absolute Gasteiger partial charge is 0.496 e. The Balaban J connectivity index is 1.84. The van der Waals surface area contributed by atoms with Gasteiger partial charge in [0.25, 0.3) is 0 Å². The molecule has 2 aromatic carbocycles. The second-order valence-corrected chi connectivity index (χ2v) is 8.28. The number of hydrogen-bond donors (Lipinski definition) is 1. The zero-order chi connectivity index (χ0) is 21.7. The first kappa shape index (κ1) is 21.6. The number of methoxy groups -OCH3 is 1. The van der Waals surface area contributed by atoms with Gasteiger partial charge in [-0.05, 0) is 50.1 Å². The predicted octanol–water partition coefficient (Wildman–Crippen LogP) is 4.88.